The summed E-state index contributed by atoms with van der Waals surface area (Å²) in [5, 5.41) is 3.39. The molecule has 2 heterocycles. The van der Waals surface area contributed by atoms with E-state index in [0.717, 1.165) is 15.8 Å². The fourth-order valence-electron chi connectivity index (χ4n) is 2.45. The first-order valence-corrected chi connectivity index (χ1v) is 8.37. The van der Waals surface area contributed by atoms with Crippen molar-refractivity contribution in [1.82, 2.24) is 4.98 Å². The number of anilines is 1. The SMILES string of the molecule is O=Cc1ccc(-c2ccc(C(=O)Nc3nc4ccccc4s3)cc2)o1. The molecule has 0 aliphatic carbocycles. The van der Waals surface area contributed by atoms with E-state index in [0.29, 0.717) is 22.7 Å². The topological polar surface area (TPSA) is 72.2 Å². The molecule has 2 aromatic heterocycles. The molecule has 0 saturated heterocycles. The van der Waals surface area contributed by atoms with Crippen LogP contribution in [-0.4, -0.2) is 17.2 Å². The summed E-state index contributed by atoms with van der Waals surface area (Å²) >= 11 is 1.43. The van der Waals surface area contributed by atoms with Crippen LogP contribution in [0, 0.1) is 0 Å². The van der Waals surface area contributed by atoms with Gasteiger partial charge in [0.1, 0.15) is 5.76 Å². The summed E-state index contributed by atoms with van der Waals surface area (Å²) in [6, 6.07) is 18.0. The molecular weight excluding hydrogens is 336 g/mol. The standard InChI is InChI=1S/C19H12N2O3S/c22-11-14-9-10-16(24-14)12-5-7-13(8-6-12)18(23)21-19-20-15-3-1-2-4-17(15)25-19/h1-11H,(H,20,21,23). The smallest absolute Gasteiger partial charge is 0.257 e. The van der Waals surface area contributed by atoms with Crippen molar-refractivity contribution in [2.75, 3.05) is 5.32 Å². The highest BCUT2D eigenvalue weighted by molar-refractivity contribution is 7.22. The van der Waals surface area contributed by atoms with Crippen LogP contribution in [0.15, 0.2) is 65.1 Å². The molecule has 1 amide bonds. The minimum absolute atomic E-state index is 0.223. The van der Waals surface area contributed by atoms with Crippen LogP contribution in [0.25, 0.3) is 21.5 Å². The van der Waals surface area contributed by atoms with Gasteiger partial charge in [0.25, 0.3) is 5.91 Å². The van der Waals surface area contributed by atoms with Gasteiger partial charge in [0.05, 0.1) is 10.2 Å². The molecule has 0 saturated carbocycles. The van der Waals surface area contributed by atoms with Crippen LogP contribution < -0.4 is 5.32 Å². The number of carbonyl (C=O) groups excluding carboxylic acids is 2. The van der Waals surface area contributed by atoms with E-state index < -0.39 is 0 Å². The lowest BCUT2D eigenvalue weighted by molar-refractivity contribution is 0.102. The molecule has 6 heteroatoms. The molecule has 0 atom stereocenters. The Morgan fingerprint density at radius 3 is 2.56 bits per heavy atom. The van der Waals surface area contributed by atoms with Crippen LogP contribution >= 0.6 is 11.3 Å². The van der Waals surface area contributed by atoms with Gasteiger partial charge in [-0.2, -0.15) is 0 Å². The van der Waals surface area contributed by atoms with E-state index in [-0.39, 0.29) is 11.7 Å². The normalized spacial score (nSPS) is 10.7. The summed E-state index contributed by atoms with van der Waals surface area (Å²) in [5.74, 6) is 0.631. The van der Waals surface area contributed by atoms with E-state index in [1.165, 1.54) is 11.3 Å². The zero-order chi connectivity index (χ0) is 17.2. The van der Waals surface area contributed by atoms with Gasteiger partial charge in [-0.05, 0) is 36.4 Å². The molecular formula is C19H12N2O3S. The van der Waals surface area contributed by atoms with Crippen molar-refractivity contribution in [3.05, 3.63) is 72.0 Å². The number of rotatable bonds is 4. The Kier molecular flexibility index (Phi) is 3.87. The van der Waals surface area contributed by atoms with E-state index in [1.807, 2.05) is 24.3 Å². The Labute approximate surface area is 146 Å². The average Bonchev–Trinajstić information content (AvgIpc) is 3.28. The maximum atomic E-state index is 12.4. The van der Waals surface area contributed by atoms with Crippen molar-refractivity contribution in [2.24, 2.45) is 0 Å². The number of nitrogens with zero attached hydrogens (tertiary/aromatic N) is 1. The van der Waals surface area contributed by atoms with Gasteiger partial charge in [-0.25, -0.2) is 4.98 Å². The number of aldehydes is 1. The highest BCUT2D eigenvalue weighted by Gasteiger charge is 2.11. The number of para-hydroxylation sites is 1. The van der Waals surface area contributed by atoms with Gasteiger partial charge in [-0.15, -0.1) is 0 Å². The number of hydrogen-bond acceptors (Lipinski definition) is 5. The molecule has 0 bridgehead atoms. The average molecular weight is 348 g/mol. The number of amides is 1. The van der Waals surface area contributed by atoms with Crippen molar-refractivity contribution in [1.29, 1.82) is 0 Å². The summed E-state index contributed by atoms with van der Waals surface area (Å²) < 4.78 is 6.40. The van der Waals surface area contributed by atoms with Crippen LogP contribution in [0.3, 0.4) is 0 Å². The number of fused-ring (bicyclic) bond motifs is 1. The molecule has 0 radical (unpaired) electrons. The lowest BCUT2D eigenvalue weighted by Gasteiger charge is -2.03. The first kappa shape index (κ1) is 15.3. The molecule has 1 N–H and O–H groups in total. The highest BCUT2D eigenvalue weighted by Crippen LogP contribution is 2.26. The molecule has 4 rings (SSSR count). The quantitative estimate of drug-likeness (QED) is 0.546. The molecule has 4 aromatic rings. The van der Waals surface area contributed by atoms with Crippen molar-refractivity contribution in [2.45, 2.75) is 0 Å². The Hall–Kier alpha value is -3.25. The predicted octanol–water partition coefficient (Wildman–Crippen LogP) is 4.62. The Morgan fingerprint density at radius 2 is 1.84 bits per heavy atom. The molecule has 0 fully saturated rings. The maximum absolute atomic E-state index is 12.4. The molecule has 2 aromatic carbocycles. The summed E-state index contributed by atoms with van der Waals surface area (Å²) in [7, 11) is 0. The molecule has 122 valence electrons. The molecule has 0 spiro atoms. The Balaban J connectivity index is 1.52. The van der Waals surface area contributed by atoms with E-state index in [4.69, 9.17) is 4.42 Å². The largest absolute Gasteiger partial charge is 0.453 e. The van der Waals surface area contributed by atoms with E-state index in [9.17, 15) is 9.59 Å². The van der Waals surface area contributed by atoms with Crippen molar-refractivity contribution in [3.8, 4) is 11.3 Å². The van der Waals surface area contributed by atoms with E-state index in [1.54, 1.807) is 36.4 Å². The summed E-state index contributed by atoms with van der Waals surface area (Å²) in [4.78, 5) is 27.5. The fraction of sp³-hybridized carbons (Fsp3) is 0. The zero-order valence-corrected chi connectivity index (χ0v) is 13.7. The van der Waals surface area contributed by atoms with Crippen molar-refractivity contribution < 1.29 is 14.0 Å². The Morgan fingerprint density at radius 1 is 1.04 bits per heavy atom. The third kappa shape index (κ3) is 3.07. The second kappa shape index (κ2) is 6.33. The summed E-state index contributed by atoms with van der Waals surface area (Å²) in [5.41, 5.74) is 2.18. The lowest BCUT2D eigenvalue weighted by atomic mass is 10.1. The van der Waals surface area contributed by atoms with Gasteiger partial charge >= 0.3 is 0 Å². The number of nitrogens with one attached hydrogen (secondary N) is 1. The van der Waals surface area contributed by atoms with Gasteiger partial charge in [0.15, 0.2) is 17.2 Å². The number of benzene rings is 2. The number of furan rings is 1. The van der Waals surface area contributed by atoms with Crippen molar-refractivity contribution >= 4 is 38.9 Å². The van der Waals surface area contributed by atoms with Crippen LogP contribution in [0.5, 0.6) is 0 Å². The van der Waals surface area contributed by atoms with Crippen molar-refractivity contribution in [3.63, 3.8) is 0 Å². The van der Waals surface area contributed by atoms with E-state index in [2.05, 4.69) is 10.3 Å². The number of thiazole rings is 1. The van der Waals surface area contributed by atoms with Gasteiger partial charge in [0, 0.05) is 11.1 Å². The number of aromatic nitrogens is 1. The second-order valence-corrected chi connectivity index (χ2v) is 6.37. The third-order valence-corrected chi connectivity index (χ3v) is 4.64. The van der Waals surface area contributed by atoms with Crippen LogP contribution in [-0.2, 0) is 0 Å². The first-order valence-electron chi connectivity index (χ1n) is 7.55. The monoisotopic (exact) mass is 348 g/mol. The summed E-state index contributed by atoms with van der Waals surface area (Å²) in [6.45, 7) is 0. The zero-order valence-electron chi connectivity index (χ0n) is 12.9. The van der Waals surface area contributed by atoms with Crippen LogP contribution in [0.4, 0.5) is 5.13 Å². The van der Waals surface area contributed by atoms with Gasteiger partial charge < -0.3 is 4.42 Å². The second-order valence-electron chi connectivity index (χ2n) is 5.34. The van der Waals surface area contributed by atoms with Crippen LogP contribution in [0.2, 0.25) is 0 Å². The Bertz CT molecular complexity index is 1030. The molecule has 5 nitrogen and oxygen atoms in total. The van der Waals surface area contributed by atoms with Crippen LogP contribution in [0.1, 0.15) is 20.9 Å². The molecule has 0 unspecified atom stereocenters. The fourth-order valence-corrected chi connectivity index (χ4v) is 3.31. The minimum Gasteiger partial charge on any atom is -0.453 e. The van der Waals surface area contributed by atoms with Gasteiger partial charge in [-0.1, -0.05) is 35.6 Å². The summed E-state index contributed by atoms with van der Waals surface area (Å²) in [6.07, 6.45) is 0.656. The highest BCUT2D eigenvalue weighted by atomic mass is 32.1. The molecule has 0 aliphatic rings. The lowest BCUT2D eigenvalue weighted by Crippen LogP contribution is -2.11. The van der Waals surface area contributed by atoms with E-state index >= 15 is 0 Å². The first-order chi connectivity index (χ1) is 12.2. The molecule has 25 heavy (non-hydrogen) atoms. The molecule has 0 aliphatic heterocycles. The maximum Gasteiger partial charge on any atom is 0.257 e. The minimum atomic E-state index is -0.223. The number of carbonyl (C=O) groups is 2. The third-order valence-electron chi connectivity index (χ3n) is 3.69. The number of hydrogen-bond donors (Lipinski definition) is 1. The van der Waals surface area contributed by atoms with Gasteiger partial charge in [-0.3, -0.25) is 14.9 Å². The van der Waals surface area contributed by atoms with Gasteiger partial charge in [0.2, 0.25) is 0 Å². The predicted molar refractivity (Wildman–Crippen MR) is 97.1 cm³/mol.